The van der Waals surface area contributed by atoms with Crippen molar-refractivity contribution in [2.75, 3.05) is 22.1 Å². The number of carbonyl (C=O) groups is 3. The van der Waals surface area contributed by atoms with Crippen LogP contribution in [0, 0.1) is 6.92 Å². The largest absolute Gasteiger partial charge is 0.350 e. The predicted molar refractivity (Wildman–Crippen MR) is 135 cm³/mol. The van der Waals surface area contributed by atoms with E-state index >= 15 is 0 Å². The van der Waals surface area contributed by atoms with Gasteiger partial charge in [-0.3, -0.25) is 24.2 Å². The zero-order chi connectivity index (χ0) is 23.9. The summed E-state index contributed by atoms with van der Waals surface area (Å²) in [6, 6.07) is 22.2. The molecular weight excluding hydrogens is 470 g/mol. The van der Waals surface area contributed by atoms with E-state index in [0.29, 0.717) is 28.5 Å². The van der Waals surface area contributed by atoms with Gasteiger partial charge in [0, 0.05) is 22.8 Å². The monoisotopic (exact) mass is 491 g/mol. The molecule has 1 spiro atoms. The van der Waals surface area contributed by atoms with E-state index < -0.39 is 4.87 Å². The summed E-state index contributed by atoms with van der Waals surface area (Å²) < 4.78 is 0. The number of para-hydroxylation sites is 1. The summed E-state index contributed by atoms with van der Waals surface area (Å²) >= 11 is 7.47. The van der Waals surface area contributed by atoms with E-state index in [4.69, 9.17) is 11.6 Å². The summed E-state index contributed by atoms with van der Waals surface area (Å²) in [6.07, 6.45) is 0. The molecule has 3 aromatic rings. The highest BCUT2D eigenvalue weighted by Crippen LogP contribution is 2.55. The van der Waals surface area contributed by atoms with E-state index in [9.17, 15) is 14.4 Å². The third kappa shape index (κ3) is 3.75. The first-order valence-electron chi connectivity index (χ1n) is 10.9. The summed E-state index contributed by atoms with van der Waals surface area (Å²) in [5.41, 5.74) is 4.01. The van der Waals surface area contributed by atoms with Crippen molar-refractivity contribution in [3.05, 3.63) is 94.5 Å². The first kappa shape index (κ1) is 22.5. The topological polar surface area (TPSA) is 69.7 Å². The number of nitrogens with zero attached hydrogens (tertiary/aromatic N) is 2. The molecule has 0 radical (unpaired) electrons. The highest BCUT2D eigenvalue weighted by Gasteiger charge is 2.61. The zero-order valence-electron chi connectivity index (χ0n) is 18.5. The van der Waals surface area contributed by atoms with Crippen LogP contribution in [0.3, 0.4) is 0 Å². The van der Waals surface area contributed by atoms with E-state index in [1.807, 2.05) is 55.5 Å². The van der Waals surface area contributed by atoms with Crippen molar-refractivity contribution in [2.45, 2.75) is 18.3 Å². The molecule has 0 bridgehead atoms. The third-order valence-electron chi connectivity index (χ3n) is 6.04. The molecule has 0 aliphatic carbocycles. The number of halogens is 1. The quantitative estimate of drug-likeness (QED) is 0.579. The average Bonchev–Trinajstić information content (AvgIpc) is 3.29. The van der Waals surface area contributed by atoms with Gasteiger partial charge in [-0.05, 0) is 36.8 Å². The third-order valence-corrected chi connectivity index (χ3v) is 7.66. The van der Waals surface area contributed by atoms with Crippen molar-refractivity contribution >= 4 is 52.5 Å². The Labute approximate surface area is 206 Å². The van der Waals surface area contributed by atoms with Crippen LogP contribution < -0.4 is 15.1 Å². The van der Waals surface area contributed by atoms with Gasteiger partial charge in [0.05, 0.1) is 11.4 Å². The van der Waals surface area contributed by atoms with Crippen LogP contribution in [0.4, 0.5) is 11.4 Å². The summed E-state index contributed by atoms with van der Waals surface area (Å²) in [5.74, 6) is -0.611. The highest BCUT2D eigenvalue weighted by molar-refractivity contribution is 8.02. The summed E-state index contributed by atoms with van der Waals surface area (Å²) in [6.45, 7) is 2.24. The number of hydrogen-bond acceptors (Lipinski definition) is 4. The van der Waals surface area contributed by atoms with Crippen LogP contribution in [0.5, 0.6) is 0 Å². The molecule has 2 aliphatic heterocycles. The van der Waals surface area contributed by atoms with Gasteiger partial charge in [0.1, 0.15) is 6.54 Å². The van der Waals surface area contributed by atoms with E-state index in [-0.39, 0.29) is 30.0 Å². The Morgan fingerprint density at radius 1 is 1.06 bits per heavy atom. The van der Waals surface area contributed by atoms with Crippen molar-refractivity contribution in [3.8, 4) is 0 Å². The van der Waals surface area contributed by atoms with Crippen LogP contribution in [0.15, 0.2) is 72.8 Å². The molecular formula is C26H22ClN3O3S. The number of thioether (sulfide) groups is 1. The molecule has 3 aromatic carbocycles. The summed E-state index contributed by atoms with van der Waals surface area (Å²) in [5, 5.41) is 3.37. The van der Waals surface area contributed by atoms with Gasteiger partial charge >= 0.3 is 0 Å². The van der Waals surface area contributed by atoms with E-state index in [1.54, 1.807) is 24.3 Å². The van der Waals surface area contributed by atoms with Gasteiger partial charge < -0.3 is 5.32 Å². The number of aryl methyl sites for hydroxylation is 1. The molecule has 172 valence electrons. The highest BCUT2D eigenvalue weighted by atomic mass is 35.5. The van der Waals surface area contributed by atoms with Crippen LogP contribution in [0.1, 0.15) is 16.7 Å². The minimum Gasteiger partial charge on any atom is -0.350 e. The predicted octanol–water partition coefficient (Wildman–Crippen LogP) is 4.24. The van der Waals surface area contributed by atoms with Gasteiger partial charge in [-0.1, -0.05) is 65.7 Å². The second-order valence-electron chi connectivity index (χ2n) is 8.31. The molecule has 0 aromatic heterocycles. The minimum atomic E-state index is -1.27. The van der Waals surface area contributed by atoms with E-state index in [1.165, 1.54) is 21.6 Å². The molecule has 1 saturated heterocycles. The molecule has 1 unspecified atom stereocenters. The van der Waals surface area contributed by atoms with Crippen LogP contribution >= 0.6 is 23.4 Å². The second kappa shape index (κ2) is 8.81. The Kier molecular flexibility index (Phi) is 5.83. The van der Waals surface area contributed by atoms with Crippen molar-refractivity contribution in [1.82, 2.24) is 5.32 Å². The number of anilines is 2. The van der Waals surface area contributed by atoms with Gasteiger partial charge in [0.15, 0.2) is 0 Å². The molecule has 2 heterocycles. The van der Waals surface area contributed by atoms with Gasteiger partial charge in [0.25, 0.3) is 5.91 Å². The fourth-order valence-electron chi connectivity index (χ4n) is 4.43. The number of nitrogens with one attached hydrogen (secondary N) is 1. The van der Waals surface area contributed by atoms with Crippen molar-refractivity contribution in [2.24, 2.45) is 0 Å². The Hall–Kier alpha value is -3.29. The lowest BCUT2D eigenvalue weighted by Crippen LogP contribution is -2.51. The van der Waals surface area contributed by atoms with Gasteiger partial charge in [-0.2, -0.15) is 0 Å². The summed E-state index contributed by atoms with van der Waals surface area (Å²) in [4.78, 5) is 41.6. The van der Waals surface area contributed by atoms with Crippen molar-refractivity contribution < 1.29 is 14.4 Å². The maximum absolute atomic E-state index is 13.9. The Morgan fingerprint density at radius 2 is 1.82 bits per heavy atom. The lowest BCUT2D eigenvalue weighted by Gasteiger charge is -2.33. The van der Waals surface area contributed by atoms with Crippen LogP contribution in [0.2, 0.25) is 5.02 Å². The van der Waals surface area contributed by atoms with Gasteiger partial charge in [-0.15, -0.1) is 11.8 Å². The lowest BCUT2D eigenvalue weighted by molar-refractivity contribution is -0.125. The molecule has 0 saturated carbocycles. The molecule has 5 rings (SSSR count). The minimum absolute atomic E-state index is 0.137. The fourth-order valence-corrected chi connectivity index (χ4v) is 5.98. The normalized spacial score (nSPS) is 19.1. The SMILES string of the molecule is Cc1ccc(CNC(=O)CN2C(=O)C3(SCC(=O)N3c3cccc(Cl)c3)c3ccccc32)cc1. The number of amides is 3. The van der Waals surface area contributed by atoms with Crippen LogP contribution in [-0.2, 0) is 25.8 Å². The molecule has 1 fully saturated rings. The number of hydrogen-bond donors (Lipinski definition) is 1. The van der Waals surface area contributed by atoms with Crippen molar-refractivity contribution in [1.29, 1.82) is 0 Å². The molecule has 34 heavy (non-hydrogen) atoms. The smallest absolute Gasteiger partial charge is 0.269 e. The number of fused-ring (bicyclic) bond motifs is 2. The number of carbonyl (C=O) groups excluding carboxylic acids is 3. The van der Waals surface area contributed by atoms with Gasteiger partial charge in [-0.25, -0.2) is 0 Å². The Balaban J connectivity index is 1.45. The average molecular weight is 492 g/mol. The first-order valence-corrected chi connectivity index (χ1v) is 12.2. The standard InChI is InChI=1S/C26H22ClN3O3S/c1-17-9-11-18(12-10-17)14-28-23(31)15-29-22-8-3-2-7-21(22)26(25(29)33)30(24(32)16-34-26)20-6-4-5-19(27)13-20/h2-13H,14-16H2,1H3,(H,28,31). The Morgan fingerprint density at radius 3 is 2.59 bits per heavy atom. The fraction of sp³-hybridized carbons (Fsp3) is 0.192. The summed E-state index contributed by atoms with van der Waals surface area (Å²) in [7, 11) is 0. The maximum Gasteiger partial charge on any atom is 0.269 e. The number of rotatable bonds is 5. The Bertz CT molecular complexity index is 1300. The van der Waals surface area contributed by atoms with E-state index in [0.717, 1.165) is 11.1 Å². The molecule has 6 nitrogen and oxygen atoms in total. The molecule has 1 atom stereocenters. The molecule has 2 aliphatic rings. The van der Waals surface area contributed by atoms with Crippen molar-refractivity contribution in [3.63, 3.8) is 0 Å². The van der Waals surface area contributed by atoms with Gasteiger partial charge in [0.2, 0.25) is 16.7 Å². The molecule has 8 heteroatoms. The van der Waals surface area contributed by atoms with Crippen LogP contribution in [0.25, 0.3) is 0 Å². The maximum atomic E-state index is 13.9. The first-order chi connectivity index (χ1) is 16.4. The number of benzene rings is 3. The molecule has 3 amide bonds. The molecule has 1 N–H and O–H groups in total. The van der Waals surface area contributed by atoms with E-state index in [2.05, 4.69) is 5.32 Å². The second-order valence-corrected chi connectivity index (χ2v) is 9.92. The zero-order valence-corrected chi connectivity index (χ0v) is 20.0. The lowest BCUT2D eigenvalue weighted by atomic mass is 10.0. The van der Waals surface area contributed by atoms with Crippen LogP contribution in [-0.4, -0.2) is 30.0 Å².